The van der Waals surface area contributed by atoms with Crippen LogP contribution in [-0.2, 0) is 11.2 Å². The van der Waals surface area contributed by atoms with Crippen LogP contribution in [0.25, 0.3) is 16.7 Å². The van der Waals surface area contributed by atoms with E-state index in [2.05, 4.69) is 15.1 Å². The van der Waals surface area contributed by atoms with Gasteiger partial charge in [-0.3, -0.25) is 4.79 Å². The highest BCUT2D eigenvalue weighted by Crippen LogP contribution is 2.19. The molecule has 21 heavy (non-hydrogen) atoms. The summed E-state index contributed by atoms with van der Waals surface area (Å²) in [7, 11) is 0. The third-order valence-corrected chi connectivity index (χ3v) is 3.43. The van der Waals surface area contributed by atoms with Gasteiger partial charge in [0, 0.05) is 12.3 Å². The Labute approximate surface area is 122 Å². The summed E-state index contributed by atoms with van der Waals surface area (Å²) in [5.74, 6) is 0.168. The molecule has 0 saturated heterocycles. The minimum atomic E-state index is -0.000756. The highest BCUT2D eigenvalue weighted by molar-refractivity contribution is 5.87. The van der Waals surface area contributed by atoms with Crippen molar-refractivity contribution < 1.29 is 4.79 Å². The van der Waals surface area contributed by atoms with E-state index < -0.39 is 0 Å². The van der Waals surface area contributed by atoms with E-state index in [1.807, 2.05) is 44.2 Å². The molecule has 5 heteroatoms. The summed E-state index contributed by atoms with van der Waals surface area (Å²) in [6.45, 7) is 3.79. The molecular weight excluding hydrogens is 264 g/mol. The summed E-state index contributed by atoms with van der Waals surface area (Å²) in [6.07, 6.45) is 3.54. The van der Waals surface area contributed by atoms with E-state index in [0.29, 0.717) is 6.42 Å². The molecule has 0 radical (unpaired) electrons. The average molecular weight is 280 g/mol. The molecule has 0 aliphatic rings. The minimum Gasteiger partial charge on any atom is -0.299 e. The fourth-order valence-electron chi connectivity index (χ4n) is 2.16. The number of carbonyl (C=O) groups is 1. The zero-order valence-electron chi connectivity index (χ0n) is 12.0. The zero-order valence-corrected chi connectivity index (χ0v) is 12.0. The largest absolute Gasteiger partial charge is 0.299 e. The molecule has 0 saturated carbocycles. The molecule has 0 N–H and O–H groups in total. The summed E-state index contributed by atoms with van der Waals surface area (Å²) in [5, 5.41) is 5.21. The topological polar surface area (TPSA) is 60.7 Å². The van der Waals surface area contributed by atoms with E-state index in [4.69, 9.17) is 0 Å². The Balaban J connectivity index is 2.06. The van der Waals surface area contributed by atoms with E-state index in [9.17, 15) is 4.79 Å². The zero-order chi connectivity index (χ0) is 14.8. The van der Waals surface area contributed by atoms with Gasteiger partial charge in [-0.25, -0.2) is 14.6 Å². The molecule has 0 aliphatic carbocycles. The molecule has 3 aromatic rings. The minimum absolute atomic E-state index is 0.000756. The second-order valence-corrected chi connectivity index (χ2v) is 5.25. The van der Waals surface area contributed by atoms with E-state index in [1.54, 1.807) is 10.9 Å². The number of carbonyl (C=O) groups excluding carboxylic acids is 1. The Kier molecular flexibility index (Phi) is 3.48. The number of aromatic nitrogens is 4. The molecule has 1 aromatic carbocycles. The lowest BCUT2D eigenvalue weighted by Gasteiger charge is -2.05. The summed E-state index contributed by atoms with van der Waals surface area (Å²) in [4.78, 5) is 20.5. The SMILES string of the molecule is CC(C)C(=O)Cc1ncnc2c1cnn2-c1ccccc1. The maximum absolute atomic E-state index is 11.9. The van der Waals surface area contributed by atoms with Gasteiger partial charge in [-0.05, 0) is 12.1 Å². The number of rotatable bonds is 4. The number of Topliss-reactive ketones (excluding diaryl/α,β-unsaturated/α-hetero) is 1. The lowest BCUT2D eigenvalue weighted by atomic mass is 10.0. The van der Waals surface area contributed by atoms with Crippen molar-refractivity contribution in [3.8, 4) is 5.69 Å². The van der Waals surface area contributed by atoms with Crippen LogP contribution in [0, 0.1) is 5.92 Å². The molecule has 0 unspecified atom stereocenters. The van der Waals surface area contributed by atoms with Crippen LogP contribution in [0.5, 0.6) is 0 Å². The van der Waals surface area contributed by atoms with Crippen molar-refractivity contribution in [3.05, 3.63) is 48.5 Å². The Hall–Kier alpha value is -2.56. The number of hydrogen-bond donors (Lipinski definition) is 0. The molecule has 0 spiro atoms. The van der Waals surface area contributed by atoms with E-state index in [0.717, 1.165) is 22.4 Å². The van der Waals surface area contributed by atoms with Crippen LogP contribution < -0.4 is 0 Å². The van der Waals surface area contributed by atoms with Gasteiger partial charge in [-0.1, -0.05) is 32.0 Å². The standard InChI is InChI=1S/C16H16N4O/c1-11(2)15(21)8-14-13-9-19-20(16(13)18-10-17-14)12-6-4-3-5-7-12/h3-7,9-11H,8H2,1-2H3. The van der Waals surface area contributed by atoms with Crippen LogP contribution in [0.15, 0.2) is 42.9 Å². The predicted octanol–water partition coefficient (Wildman–Crippen LogP) is 2.58. The normalized spacial score (nSPS) is 11.2. The van der Waals surface area contributed by atoms with E-state index in [1.165, 1.54) is 6.33 Å². The van der Waals surface area contributed by atoms with Crippen LogP contribution in [0.3, 0.4) is 0 Å². The summed E-state index contributed by atoms with van der Waals surface area (Å²) >= 11 is 0. The van der Waals surface area contributed by atoms with Crippen molar-refractivity contribution in [2.24, 2.45) is 5.92 Å². The van der Waals surface area contributed by atoms with Crippen LogP contribution in [-0.4, -0.2) is 25.5 Å². The van der Waals surface area contributed by atoms with Gasteiger partial charge >= 0.3 is 0 Å². The number of fused-ring (bicyclic) bond motifs is 1. The van der Waals surface area contributed by atoms with Crippen molar-refractivity contribution in [2.45, 2.75) is 20.3 Å². The first-order valence-electron chi connectivity index (χ1n) is 6.92. The molecule has 106 valence electrons. The van der Waals surface area contributed by atoms with Crippen LogP contribution in [0.1, 0.15) is 19.5 Å². The quantitative estimate of drug-likeness (QED) is 0.737. The molecule has 0 fully saturated rings. The molecular formula is C16H16N4O. The Morgan fingerprint density at radius 3 is 2.67 bits per heavy atom. The van der Waals surface area contributed by atoms with Crippen LogP contribution >= 0.6 is 0 Å². The fraction of sp³-hybridized carbons (Fsp3) is 0.250. The van der Waals surface area contributed by atoms with Gasteiger partial charge in [0.2, 0.25) is 0 Å². The van der Waals surface area contributed by atoms with Crippen molar-refractivity contribution in [2.75, 3.05) is 0 Å². The highest BCUT2D eigenvalue weighted by Gasteiger charge is 2.15. The lowest BCUT2D eigenvalue weighted by molar-refractivity contribution is -0.121. The maximum Gasteiger partial charge on any atom is 0.166 e. The smallest absolute Gasteiger partial charge is 0.166 e. The van der Waals surface area contributed by atoms with Gasteiger partial charge in [-0.2, -0.15) is 5.10 Å². The second-order valence-electron chi connectivity index (χ2n) is 5.25. The number of ketones is 1. The van der Waals surface area contributed by atoms with Gasteiger partial charge in [-0.15, -0.1) is 0 Å². The van der Waals surface area contributed by atoms with Gasteiger partial charge in [0.05, 0.1) is 23.0 Å². The van der Waals surface area contributed by atoms with Crippen molar-refractivity contribution in [1.82, 2.24) is 19.7 Å². The maximum atomic E-state index is 11.9. The Bertz CT molecular complexity index is 777. The van der Waals surface area contributed by atoms with E-state index in [-0.39, 0.29) is 11.7 Å². The molecule has 2 heterocycles. The third kappa shape index (κ3) is 2.54. The molecule has 2 aromatic heterocycles. The van der Waals surface area contributed by atoms with Crippen LogP contribution in [0.2, 0.25) is 0 Å². The number of hydrogen-bond acceptors (Lipinski definition) is 4. The van der Waals surface area contributed by atoms with Gasteiger partial charge in [0.1, 0.15) is 12.1 Å². The first-order chi connectivity index (χ1) is 10.2. The Morgan fingerprint density at radius 2 is 1.95 bits per heavy atom. The molecule has 3 rings (SSSR count). The molecule has 0 atom stereocenters. The second kappa shape index (κ2) is 5.44. The summed E-state index contributed by atoms with van der Waals surface area (Å²) < 4.78 is 1.76. The number of benzene rings is 1. The molecule has 0 aliphatic heterocycles. The molecule has 0 amide bonds. The first-order valence-corrected chi connectivity index (χ1v) is 6.92. The highest BCUT2D eigenvalue weighted by atomic mass is 16.1. The molecule has 0 bridgehead atoms. The van der Waals surface area contributed by atoms with Gasteiger partial charge in [0.25, 0.3) is 0 Å². The van der Waals surface area contributed by atoms with Crippen LogP contribution in [0.4, 0.5) is 0 Å². The fourth-order valence-corrected chi connectivity index (χ4v) is 2.16. The average Bonchev–Trinajstić information content (AvgIpc) is 2.93. The Morgan fingerprint density at radius 1 is 1.19 bits per heavy atom. The first kappa shape index (κ1) is 13.4. The van der Waals surface area contributed by atoms with Crippen molar-refractivity contribution in [1.29, 1.82) is 0 Å². The monoisotopic (exact) mass is 280 g/mol. The van der Waals surface area contributed by atoms with Crippen molar-refractivity contribution in [3.63, 3.8) is 0 Å². The van der Waals surface area contributed by atoms with Gasteiger partial charge in [0.15, 0.2) is 5.65 Å². The lowest BCUT2D eigenvalue weighted by Crippen LogP contribution is -2.11. The van der Waals surface area contributed by atoms with E-state index >= 15 is 0 Å². The summed E-state index contributed by atoms with van der Waals surface area (Å²) in [6, 6.07) is 9.79. The van der Waals surface area contributed by atoms with Crippen molar-refractivity contribution >= 4 is 16.8 Å². The van der Waals surface area contributed by atoms with Gasteiger partial charge < -0.3 is 0 Å². The number of nitrogens with zero attached hydrogens (tertiary/aromatic N) is 4. The third-order valence-electron chi connectivity index (χ3n) is 3.43. The summed E-state index contributed by atoms with van der Waals surface area (Å²) in [5.41, 5.74) is 2.40. The number of para-hydroxylation sites is 1. The predicted molar refractivity (Wildman–Crippen MR) is 80.2 cm³/mol. The molecule has 5 nitrogen and oxygen atoms in total.